The smallest absolute Gasteiger partial charge is 0.163 e. The summed E-state index contributed by atoms with van der Waals surface area (Å²) in [6.07, 6.45) is 4.60. The highest BCUT2D eigenvalue weighted by molar-refractivity contribution is 5.81. The number of aromatic nitrogens is 2. The Morgan fingerprint density at radius 1 is 1.32 bits per heavy atom. The van der Waals surface area contributed by atoms with E-state index in [-0.39, 0.29) is 6.10 Å². The molecule has 1 aromatic carbocycles. The fourth-order valence-electron chi connectivity index (χ4n) is 2.05. The third-order valence-corrected chi connectivity index (χ3v) is 3.40. The third kappa shape index (κ3) is 4.54. The number of ether oxygens (including phenoxy) is 2. The van der Waals surface area contributed by atoms with Gasteiger partial charge in [-0.25, -0.2) is 9.97 Å². The lowest BCUT2D eigenvalue weighted by Gasteiger charge is -2.12. The Kier molecular flexibility index (Phi) is 6.36. The highest BCUT2D eigenvalue weighted by atomic mass is 16.5. The number of fused-ring (bicyclic) bond motifs is 1. The lowest BCUT2D eigenvalue weighted by atomic mass is 10.2. The van der Waals surface area contributed by atoms with E-state index < -0.39 is 0 Å². The quantitative estimate of drug-likeness (QED) is 0.688. The molecule has 1 aromatic heterocycles. The normalized spacial score (nSPS) is 12.3. The Labute approximate surface area is 130 Å². The number of aliphatic hydroxyl groups excluding tert-OH is 1. The molecule has 0 spiro atoms. The summed E-state index contributed by atoms with van der Waals surface area (Å²) >= 11 is 0. The number of nitrogens with zero attached hydrogens (tertiary/aromatic N) is 2. The molecule has 6 heteroatoms. The molecule has 1 unspecified atom stereocenters. The molecule has 0 saturated carbocycles. The van der Waals surface area contributed by atoms with Gasteiger partial charge in [0.2, 0.25) is 0 Å². The van der Waals surface area contributed by atoms with Crippen LogP contribution < -0.4 is 14.8 Å². The molecular weight excluding hydrogens is 282 g/mol. The van der Waals surface area contributed by atoms with E-state index in [9.17, 15) is 5.11 Å². The standard InChI is InChI=1S/C16H23N3O3/c1-3-13(20)10-17-5-4-6-22-16-8-14-12(7-15(16)21-2)9-18-11-19-14/h7-9,11,13,17,20H,3-6,10H2,1-2H3. The van der Waals surface area contributed by atoms with E-state index in [1.807, 2.05) is 19.1 Å². The maximum atomic E-state index is 9.44. The van der Waals surface area contributed by atoms with Crippen molar-refractivity contribution < 1.29 is 14.6 Å². The van der Waals surface area contributed by atoms with E-state index in [0.717, 1.165) is 30.3 Å². The topological polar surface area (TPSA) is 76.5 Å². The monoisotopic (exact) mass is 305 g/mol. The number of benzene rings is 1. The van der Waals surface area contributed by atoms with Gasteiger partial charge in [0.25, 0.3) is 0 Å². The van der Waals surface area contributed by atoms with Crippen LogP contribution in [0.3, 0.4) is 0 Å². The number of hydrogen-bond acceptors (Lipinski definition) is 6. The molecule has 6 nitrogen and oxygen atoms in total. The van der Waals surface area contributed by atoms with E-state index in [1.165, 1.54) is 6.33 Å². The Balaban J connectivity index is 1.85. The fraction of sp³-hybridized carbons (Fsp3) is 0.500. The van der Waals surface area contributed by atoms with Gasteiger partial charge in [0, 0.05) is 24.2 Å². The lowest BCUT2D eigenvalue weighted by Crippen LogP contribution is -2.27. The van der Waals surface area contributed by atoms with Crippen LogP contribution >= 0.6 is 0 Å². The van der Waals surface area contributed by atoms with Gasteiger partial charge in [-0.2, -0.15) is 0 Å². The number of nitrogens with one attached hydrogen (secondary N) is 1. The molecule has 0 saturated heterocycles. The van der Waals surface area contributed by atoms with Gasteiger partial charge >= 0.3 is 0 Å². The predicted octanol–water partition coefficient (Wildman–Crippen LogP) is 1.77. The molecule has 0 radical (unpaired) electrons. The van der Waals surface area contributed by atoms with Gasteiger partial charge in [-0.3, -0.25) is 0 Å². The van der Waals surface area contributed by atoms with Crippen molar-refractivity contribution in [1.29, 1.82) is 0 Å². The van der Waals surface area contributed by atoms with Crippen LogP contribution in [0.2, 0.25) is 0 Å². The second-order valence-electron chi connectivity index (χ2n) is 5.05. The highest BCUT2D eigenvalue weighted by Crippen LogP contribution is 2.31. The highest BCUT2D eigenvalue weighted by Gasteiger charge is 2.07. The lowest BCUT2D eigenvalue weighted by molar-refractivity contribution is 0.166. The van der Waals surface area contributed by atoms with Gasteiger partial charge in [-0.1, -0.05) is 6.92 Å². The van der Waals surface area contributed by atoms with E-state index in [2.05, 4.69) is 15.3 Å². The average Bonchev–Trinajstić information content (AvgIpc) is 2.56. The van der Waals surface area contributed by atoms with Crippen LogP contribution in [0.1, 0.15) is 19.8 Å². The van der Waals surface area contributed by atoms with E-state index >= 15 is 0 Å². The second kappa shape index (κ2) is 8.51. The maximum Gasteiger partial charge on any atom is 0.163 e. The van der Waals surface area contributed by atoms with Crippen LogP contribution in [-0.2, 0) is 0 Å². The van der Waals surface area contributed by atoms with Crippen LogP contribution in [0.4, 0.5) is 0 Å². The van der Waals surface area contributed by atoms with Crippen molar-refractivity contribution in [2.24, 2.45) is 0 Å². The van der Waals surface area contributed by atoms with Crippen molar-refractivity contribution in [1.82, 2.24) is 15.3 Å². The zero-order chi connectivity index (χ0) is 15.8. The zero-order valence-electron chi connectivity index (χ0n) is 13.1. The van der Waals surface area contributed by atoms with Crippen molar-refractivity contribution in [3.63, 3.8) is 0 Å². The summed E-state index contributed by atoms with van der Waals surface area (Å²) in [5, 5.41) is 13.6. The van der Waals surface area contributed by atoms with Crippen molar-refractivity contribution in [3.05, 3.63) is 24.7 Å². The van der Waals surface area contributed by atoms with Gasteiger partial charge in [-0.15, -0.1) is 0 Å². The predicted molar refractivity (Wildman–Crippen MR) is 85.4 cm³/mol. The Morgan fingerprint density at radius 3 is 2.95 bits per heavy atom. The molecule has 22 heavy (non-hydrogen) atoms. The molecule has 2 rings (SSSR count). The van der Waals surface area contributed by atoms with Crippen LogP contribution in [0.25, 0.3) is 10.9 Å². The molecule has 120 valence electrons. The van der Waals surface area contributed by atoms with E-state index in [4.69, 9.17) is 9.47 Å². The van der Waals surface area contributed by atoms with Crippen LogP contribution in [0.5, 0.6) is 11.5 Å². The SMILES string of the molecule is CCC(O)CNCCCOc1cc2ncncc2cc1OC. The molecule has 0 aliphatic heterocycles. The van der Waals surface area contributed by atoms with Crippen molar-refractivity contribution in [3.8, 4) is 11.5 Å². The molecule has 2 aromatic rings. The number of aliphatic hydroxyl groups is 1. The molecule has 0 bridgehead atoms. The molecule has 0 aliphatic rings. The number of rotatable bonds is 9. The van der Waals surface area contributed by atoms with Crippen molar-refractivity contribution >= 4 is 10.9 Å². The summed E-state index contributed by atoms with van der Waals surface area (Å²) in [5.41, 5.74) is 0.829. The zero-order valence-corrected chi connectivity index (χ0v) is 13.1. The molecule has 2 N–H and O–H groups in total. The van der Waals surface area contributed by atoms with Crippen LogP contribution in [-0.4, -0.2) is 48.0 Å². The van der Waals surface area contributed by atoms with Gasteiger partial charge in [0.05, 0.1) is 25.3 Å². The third-order valence-electron chi connectivity index (χ3n) is 3.40. The molecule has 1 atom stereocenters. The summed E-state index contributed by atoms with van der Waals surface area (Å²) in [6.45, 7) is 3.95. The first-order valence-electron chi connectivity index (χ1n) is 7.54. The molecular formula is C16H23N3O3. The minimum Gasteiger partial charge on any atom is -0.493 e. The van der Waals surface area contributed by atoms with Gasteiger partial charge in [-0.05, 0) is 25.5 Å². The first kappa shape index (κ1) is 16.5. The Hall–Kier alpha value is -1.92. The van der Waals surface area contributed by atoms with Crippen molar-refractivity contribution in [2.45, 2.75) is 25.9 Å². The van der Waals surface area contributed by atoms with Gasteiger partial charge < -0.3 is 19.9 Å². The van der Waals surface area contributed by atoms with E-state index in [1.54, 1.807) is 13.3 Å². The minimum atomic E-state index is -0.277. The molecule has 1 heterocycles. The van der Waals surface area contributed by atoms with Crippen molar-refractivity contribution in [2.75, 3.05) is 26.8 Å². The van der Waals surface area contributed by atoms with Gasteiger partial charge in [0.1, 0.15) is 6.33 Å². The van der Waals surface area contributed by atoms with Crippen LogP contribution in [0.15, 0.2) is 24.7 Å². The average molecular weight is 305 g/mol. The van der Waals surface area contributed by atoms with E-state index in [0.29, 0.717) is 24.7 Å². The Morgan fingerprint density at radius 2 is 2.18 bits per heavy atom. The minimum absolute atomic E-state index is 0.277. The first-order valence-corrected chi connectivity index (χ1v) is 7.54. The maximum absolute atomic E-state index is 9.44. The van der Waals surface area contributed by atoms with Crippen LogP contribution in [0, 0.1) is 0 Å². The molecule has 0 aliphatic carbocycles. The molecule has 0 amide bonds. The summed E-state index contributed by atoms with van der Waals surface area (Å²) in [7, 11) is 1.62. The number of hydrogen-bond donors (Lipinski definition) is 2. The summed E-state index contributed by atoms with van der Waals surface area (Å²) < 4.78 is 11.1. The summed E-state index contributed by atoms with van der Waals surface area (Å²) in [4.78, 5) is 8.22. The first-order chi connectivity index (χ1) is 10.7. The Bertz CT molecular complexity index is 592. The number of methoxy groups -OCH3 is 1. The second-order valence-corrected chi connectivity index (χ2v) is 5.05. The largest absolute Gasteiger partial charge is 0.493 e. The van der Waals surface area contributed by atoms with Gasteiger partial charge in [0.15, 0.2) is 11.5 Å². The summed E-state index contributed by atoms with van der Waals surface area (Å²) in [6, 6.07) is 3.74. The fourth-order valence-corrected chi connectivity index (χ4v) is 2.05. The molecule has 0 fully saturated rings. The summed E-state index contributed by atoms with van der Waals surface area (Å²) in [5.74, 6) is 1.36.